The highest BCUT2D eigenvalue weighted by molar-refractivity contribution is 6.09. The topological polar surface area (TPSA) is 59.3 Å². The molecule has 2 heterocycles. The Hall–Kier alpha value is -1.65. The number of carbonyl (C=O) groups excluding carboxylic acids is 1. The monoisotopic (exact) mass is 190 g/mol. The van der Waals surface area contributed by atoms with Gasteiger partial charge in [-0.05, 0) is 6.42 Å². The van der Waals surface area contributed by atoms with E-state index in [0.29, 0.717) is 5.92 Å². The van der Waals surface area contributed by atoms with Gasteiger partial charge in [0.1, 0.15) is 0 Å². The van der Waals surface area contributed by atoms with Crippen molar-refractivity contribution in [1.29, 1.82) is 0 Å². The SMILES string of the molecule is Cn1cc(C2=NNC(=O)C3CC23)cn1. The second-order valence-electron chi connectivity index (χ2n) is 3.82. The van der Waals surface area contributed by atoms with Gasteiger partial charge in [-0.2, -0.15) is 10.2 Å². The number of aromatic nitrogens is 2. The van der Waals surface area contributed by atoms with Crippen molar-refractivity contribution in [3.63, 3.8) is 0 Å². The second kappa shape index (κ2) is 2.43. The fourth-order valence-corrected chi connectivity index (χ4v) is 1.90. The Kier molecular flexibility index (Phi) is 1.34. The van der Waals surface area contributed by atoms with E-state index in [2.05, 4.69) is 15.6 Å². The molecule has 2 aliphatic rings. The van der Waals surface area contributed by atoms with E-state index in [-0.39, 0.29) is 11.8 Å². The van der Waals surface area contributed by atoms with Crippen LogP contribution in [0.3, 0.4) is 0 Å². The van der Waals surface area contributed by atoms with Gasteiger partial charge in [-0.15, -0.1) is 0 Å². The number of nitrogens with one attached hydrogen (secondary N) is 1. The maximum Gasteiger partial charge on any atom is 0.243 e. The lowest BCUT2D eigenvalue weighted by atomic mass is 10.1. The highest BCUT2D eigenvalue weighted by Crippen LogP contribution is 2.43. The lowest BCUT2D eigenvalue weighted by Gasteiger charge is -2.09. The molecule has 2 atom stereocenters. The smallest absolute Gasteiger partial charge is 0.243 e. The molecule has 1 amide bonds. The number of hydrazone groups is 1. The highest BCUT2D eigenvalue weighted by atomic mass is 16.2. The molecule has 0 bridgehead atoms. The molecule has 72 valence electrons. The van der Waals surface area contributed by atoms with Crippen molar-refractivity contribution in [1.82, 2.24) is 15.2 Å². The van der Waals surface area contributed by atoms with Crippen LogP contribution in [0.25, 0.3) is 0 Å². The third kappa shape index (κ3) is 0.982. The zero-order valence-electron chi connectivity index (χ0n) is 7.77. The van der Waals surface area contributed by atoms with Gasteiger partial charge < -0.3 is 0 Å². The van der Waals surface area contributed by atoms with Crippen LogP contribution >= 0.6 is 0 Å². The lowest BCUT2D eigenvalue weighted by molar-refractivity contribution is -0.122. The third-order valence-corrected chi connectivity index (χ3v) is 2.77. The first-order chi connectivity index (χ1) is 6.75. The van der Waals surface area contributed by atoms with Gasteiger partial charge in [0.05, 0.1) is 11.9 Å². The van der Waals surface area contributed by atoms with E-state index in [1.165, 1.54) is 0 Å². The minimum atomic E-state index is 0.0580. The van der Waals surface area contributed by atoms with E-state index < -0.39 is 0 Å². The summed E-state index contributed by atoms with van der Waals surface area (Å²) in [5.41, 5.74) is 4.53. The quantitative estimate of drug-likeness (QED) is 0.671. The van der Waals surface area contributed by atoms with Crippen LogP contribution in [0.1, 0.15) is 12.0 Å². The lowest BCUT2D eigenvalue weighted by Crippen LogP contribution is -2.28. The summed E-state index contributed by atoms with van der Waals surface area (Å²) < 4.78 is 1.74. The summed E-state index contributed by atoms with van der Waals surface area (Å²) in [6.45, 7) is 0. The van der Waals surface area contributed by atoms with Crippen LogP contribution in [0.2, 0.25) is 0 Å². The largest absolute Gasteiger partial charge is 0.275 e. The molecule has 1 aliphatic carbocycles. The minimum Gasteiger partial charge on any atom is -0.275 e. The summed E-state index contributed by atoms with van der Waals surface area (Å²) in [6, 6.07) is 0. The molecule has 0 spiro atoms. The van der Waals surface area contributed by atoms with Crippen molar-refractivity contribution >= 4 is 11.6 Å². The fourth-order valence-electron chi connectivity index (χ4n) is 1.90. The first-order valence-corrected chi connectivity index (χ1v) is 4.62. The predicted molar refractivity (Wildman–Crippen MR) is 49.5 cm³/mol. The molecule has 0 radical (unpaired) electrons. The minimum absolute atomic E-state index is 0.0580. The summed E-state index contributed by atoms with van der Waals surface area (Å²) in [6.07, 6.45) is 4.64. The molecule has 1 saturated carbocycles. The van der Waals surface area contributed by atoms with Crippen molar-refractivity contribution in [3.05, 3.63) is 18.0 Å². The molecule has 1 N–H and O–H groups in total. The molecule has 14 heavy (non-hydrogen) atoms. The van der Waals surface area contributed by atoms with Gasteiger partial charge in [0.2, 0.25) is 5.91 Å². The highest BCUT2D eigenvalue weighted by Gasteiger charge is 2.49. The molecule has 1 aliphatic heterocycles. The predicted octanol–water partition coefficient (Wildman–Crippen LogP) is -0.110. The van der Waals surface area contributed by atoms with E-state index in [1.54, 1.807) is 10.9 Å². The van der Waals surface area contributed by atoms with Crippen LogP contribution in [0, 0.1) is 11.8 Å². The normalized spacial score (nSPS) is 29.2. The molecule has 1 aromatic rings. The number of hydrogen-bond donors (Lipinski definition) is 1. The molecule has 2 unspecified atom stereocenters. The summed E-state index contributed by atoms with van der Waals surface area (Å²) >= 11 is 0. The molecule has 1 fully saturated rings. The van der Waals surface area contributed by atoms with Crippen molar-refractivity contribution in [2.24, 2.45) is 24.0 Å². The molecule has 5 nitrogen and oxygen atoms in total. The first kappa shape index (κ1) is 7.73. The Morgan fingerprint density at radius 3 is 3.14 bits per heavy atom. The van der Waals surface area contributed by atoms with Crippen LogP contribution in [0.15, 0.2) is 17.5 Å². The Labute approximate surface area is 80.8 Å². The number of nitrogens with zero attached hydrogens (tertiary/aromatic N) is 3. The standard InChI is InChI=1S/C9H10N4O/c1-13-4-5(3-10-13)8-6-2-7(6)9(14)12-11-8/h3-4,6-7H,2H2,1H3,(H,12,14). The zero-order valence-corrected chi connectivity index (χ0v) is 7.77. The number of carbonyl (C=O) groups is 1. The van der Waals surface area contributed by atoms with Crippen molar-refractivity contribution in [2.75, 3.05) is 0 Å². The Morgan fingerprint density at radius 2 is 2.43 bits per heavy atom. The maximum atomic E-state index is 11.2. The Morgan fingerprint density at radius 1 is 1.57 bits per heavy atom. The van der Waals surface area contributed by atoms with Gasteiger partial charge in [-0.25, -0.2) is 5.43 Å². The summed E-state index contributed by atoms with van der Waals surface area (Å²) in [4.78, 5) is 11.2. The number of rotatable bonds is 1. The van der Waals surface area contributed by atoms with Gasteiger partial charge >= 0.3 is 0 Å². The zero-order chi connectivity index (χ0) is 9.71. The van der Waals surface area contributed by atoms with Gasteiger partial charge in [0, 0.05) is 30.6 Å². The average molecular weight is 190 g/mol. The van der Waals surface area contributed by atoms with Crippen molar-refractivity contribution in [3.8, 4) is 0 Å². The molecular formula is C9H10N4O. The summed E-state index contributed by atoms with van der Waals surface area (Å²) in [5.74, 6) is 0.540. The van der Waals surface area contributed by atoms with E-state index in [1.807, 2.05) is 13.2 Å². The molecular weight excluding hydrogens is 180 g/mol. The second-order valence-corrected chi connectivity index (χ2v) is 3.82. The van der Waals surface area contributed by atoms with Gasteiger partial charge in [0.25, 0.3) is 0 Å². The van der Waals surface area contributed by atoms with Crippen LogP contribution < -0.4 is 5.43 Å². The van der Waals surface area contributed by atoms with Gasteiger partial charge in [0.15, 0.2) is 0 Å². The fraction of sp³-hybridized carbons (Fsp3) is 0.444. The summed E-state index contributed by atoms with van der Waals surface area (Å²) in [7, 11) is 1.87. The van der Waals surface area contributed by atoms with E-state index in [4.69, 9.17) is 0 Å². The number of hydrogen-bond acceptors (Lipinski definition) is 3. The average Bonchev–Trinajstić information content (AvgIpc) is 2.85. The number of fused-ring (bicyclic) bond motifs is 1. The first-order valence-electron chi connectivity index (χ1n) is 4.62. The number of aryl methyl sites for hydroxylation is 1. The van der Waals surface area contributed by atoms with Crippen LogP contribution in [0.4, 0.5) is 0 Å². The molecule has 1 aromatic heterocycles. The third-order valence-electron chi connectivity index (χ3n) is 2.77. The van der Waals surface area contributed by atoms with Crippen LogP contribution in [-0.4, -0.2) is 21.4 Å². The molecule has 5 heteroatoms. The van der Waals surface area contributed by atoms with Crippen molar-refractivity contribution in [2.45, 2.75) is 6.42 Å². The van der Waals surface area contributed by atoms with E-state index in [0.717, 1.165) is 17.7 Å². The van der Waals surface area contributed by atoms with Crippen molar-refractivity contribution < 1.29 is 4.79 Å². The summed E-state index contributed by atoms with van der Waals surface area (Å²) in [5, 5.41) is 8.17. The Bertz CT molecular complexity index is 434. The maximum absolute atomic E-state index is 11.2. The molecule has 0 saturated heterocycles. The van der Waals surface area contributed by atoms with Gasteiger partial charge in [-0.3, -0.25) is 9.48 Å². The molecule has 3 rings (SSSR count). The van der Waals surface area contributed by atoms with E-state index in [9.17, 15) is 4.79 Å². The Balaban J connectivity index is 1.97. The van der Waals surface area contributed by atoms with Crippen LogP contribution in [-0.2, 0) is 11.8 Å². The van der Waals surface area contributed by atoms with Crippen LogP contribution in [0.5, 0.6) is 0 Å². The molecule has 0 aromatic carbocycles. The van der Waals surface area contributed by atoms with Gasteiger partial charge in [-0.1, -0.05) is 0 Å². The van der Waals surface area contributed by atoms with E-state index >= 15 is 0 Å². The number of amides is 1.